The van der Waals surface area contributed by atoms with Crippen LogP contribution in [-0.2, 0) is 11.2 Å². The lowest BCUT2D eigenvalue weighted by molar-refractivity contribution is -0.0414. The number of fused-ring (bicyclic) bond motifs is 1. The molecule has 2 atom stereocenters. The molecule has 3 aromatic rings. The van der Waals surface area contributed by atoms with E-state index in [0.717, 1.165) is 24.8 Å². The van der Waals surface area contributed by atoms with Crippen molar-refractivity contribution in [3.8, 4) is 11.3 Å². The quantitative estimate of drug-likeness (QED) is 0.635. The van der Waals surface area contributed by atoms with E-state index in [1.54, 1.807) is 13.0 Å². The number of hydrogen-bond donors (Lipinski definition) is 0. The zero-order valence-electron chi connectivity index (χ0n) is 15.7. The van der Waals surface area contributed by atoms with Crippen molar-refractivity contribution in [1.82, 2.24) is 20.4 Å². The Morgan fingerprint density at radius 3 is 2.64 bits per heavy atom. The first kappa shape index (κ1) is 18.6. The summed E-state index contributed by atoms with van der Waals surface area (Å²) in [5.74, 6) is -0.395. The van der Waals surface area contributed by atoms with Crippen molar-refractivity contribution >= 4 is 0 Å². The van der Waals surface area contributed by atoms with E-state index in [4.69, 9.17) is 9.15 Å². The molecule has 1 unspecified atom stereocenters. The van der Waals surface area contributed by atoms with Gasteiger partial charge in [0.25, 0.3) is 0 Å². The molecule has 1 aliphatic rings. The largest absolute Gasteiger partial charge is 0.423 e. The van der Waals surface area contributed by atoms with Crippen LogP contribution in [0.2, 0.25) is 0 Å². The van der Waals surface area contributed by atoms with Crippen LogP contribution in [0.1, 0.15) is 61.4 Å². The van der Waals surface area contributed by atoms with Gasteiger partial charge in [-0.1, -0.05) is 13.0 Å². The molecule has 2 heterocycles. The predicted octanol–water partition coefficient (Wildman–Crippen LogP) is 4.66. The average molecular weight is 386 g/mol. The van der Waals surface area contributed by atoms with E-state index >= 15 is 0 Å². The summed E-state index contributed by atoms with van der Waals surface area (Å²) in [6, 6.07) is 5.46. The molecule has 8 heteroatoms. The molecule has 146 valence electrons. The highest BCUT2D eigenvalue weighted by Gasteiger charge is 2.29. The van der Waals surface area contributed by atoms with Gasteiger partial charge in [-0.2, -0.15) is 5.10 Å². The van der Waals surface area contributed by atoms with Crippen molar-refractivity contribution in [1.29, 1.82) is 0 Å². The van der Waals surface area contributed by atoms with Gasteiger partial charge in [0, 0.05) is 6.92 Å². The molecule has 1 aliphatic carbocycles. The highest BCUT2D eigenvalue weighted by atomic mass is 19.1. The summed E-state index contributed by atoms with van der Waals surface area (Å²) >= 11 is 0. The third-order valence-electron chi connectivity index (χ3n) is 4.86. The molecule has 0 N–H and O–H groups in total. The molecular weight excluding hydrogens is 366 g/mol. The fraction of sp³-hybridized carbons (Fsp3) is 0.400. The summed E-state index contributed by atoms with van der Waals surface area (Å²) in [5, 5.41) is 16.3. The lowest BCUT2D eigenvalue weighted by Crippen LogP contribution is -2.18. The highest BCUT2D eigenvalue weighted by molar-refractivity contribution is 5.61. The van der Waals surface area contributed by atoms with Crippen LogP contribution in [0, 0.1) is 18.6 Å². The van der Waals surface area contributed by atoms with E-state index < -0.39 is 11.6 Å². The lowest BCUT2D eigenvalue weighted by atomic mass is 9.92. The molecule has 0 amide bonds. The first-order valence-corrected chi connectivity index (χ1v) is 9.33. The molecule has 4 rings (SSSR count). The Hall–Kier alpha value is -2.74. The van der Waals surface area contributed by atoms with Gasteiger partial charge < -0.3 is 9.15 Å². The number of aryl methyl sites for hydroxylation is 2. The minimum absolute atomic E-state index is 0.159. The van der Waals surface area contributed by atoms with Gasteiger partial charge in [0.05, 0.1) is 17.0 Å². The third-order valence-corrected chi connectivity index (χ3v) is 4.86. The second-order valence-corrected chi connectivity index (χ2v) is 6.81. The van der Waals surface area contributed by atoms with Crippen LogP contribution in [-0.4, -0.2) is 20.4 Å². The second kappa shape index (κ2) is 7.71. The van der Waals surface area contributed by atoms with E-state index in [9.17, 15) is 8.78 Å². The Labute approximate surface area is 161 Å². The predicted molar refractivity (Wildman–Crippen MR) is 96.2 cm³/mol. The minimum Gasteiger partial charge on any atom is -0.423 e. The van der Waals surface area contributed by atoms with Gasteiger partial charge in [0.2, 0.25) is 11.8 Å². The molecule has 28 heavy (non-hydrogen) atoms. The molecule has 0 radical (unpaired) electrons. The number of nitrogens with zero attached hydrogens (tertiary/aromatic N) is 4. The van der Waals surface area contributed by atoms with Crippen molar-refractivity contribution in [2.45, 2.75) is 51.7 Å². The monoisotopic (exact) mass is 386 g/mol. The lowest BCUT2D eigenvalue weighted by Gasteiger charge is -2.27. The average Bonchev–Trinajstić information content (AvgIpc) is 3.12. The summed E-state index contributed by atoms with van der Waals surface area (Å²) in [7, 11) is 0. The molecule has 6 nitrogen and oxygen atoms in total. The number of halogens is 2. The van der Waals surface area contributed by atoms with Crippen LogP contribution >= 0.6 is 0 Å². The number of ether oxygens (including phenoxy) is 1. The van der Waals surface area contributed by atoms with E-state index in [1.807, 2.05) is 6.92 Å². The van der Waals surface area contributed by atoms with Crippen molar-refractivity contribution in [3.63, 3.8) is 0 Å². The summed E-state index contributed by atoms with van der Waals surface area (Å²) in [4.78, 5) is 0. The maximum atomic E-state index is 14.1. The Morgan fingerprint density at radius 1 is 1.18 bits per heavy atom. The van der Waals surface area contributed by atoms with Crippen molar-refractivity contribution < 1.29 is 17.9 Å². The van der Waals surface area contributed by atoms with Crippen LogP contribution in [0.15, 0.2) is 28.7 Å². The zero-order chi connectivity index (χ0) is 19.7. The van der Waals surface area contributed by atoms with E-state index in [2.05, 4.69) is 20.4 Å². The van der Waals surface area contributed by atoms with Crippen molar-refractivity contribution in [2.75, 3.05) is 0 Å². The highest BCUT2D eigenvalue weighted by Crippen LogP contribution is 2.37. The maximum Gasteiger partial charge on any atom is 0.245 e. The zero-order valence-corrected chi connectivity index (χ0v) is 15.7. The van der Waals surface area contributed by atoms with Crippen molar-refractivity contribution in [2.24, 2.45) is 0 Å². The maximum absolute atomic E-state index is 14.1. The van der Waals surface area contributed by atoms with Crippen LogP contribution in [0.4, 0.5) is 8.78 Å². The van der Waals surface area contributed by atoms with Gasteiger partial charge in [0.15, 0.2) is 0 Å². The van der Waals surface area contributed by atoms with Gasteiger partial charge in [-0.3, -0.25) is 0 Å². The van der Waals surface area contributed by atoms with Crippen LogP contribution in [0.25, 0.3) is 11.3 Å². The molecule has 1 aromatic carbocycles. The van der Waals surface area contributed by atoms with Crippen molar-refractivity contribution in [3.05, 3.63) is 58.9 Å². The fourth-order valence-electron chi connectivity index (χ4n) is 3.49. The summed E-state index contributed by atoms with van der Waals surface area (Å²) in [6.45, 7) is 3.71. The second-order valence-electron chi connectivity index (χ2n) is 6.81. The van der Waals surface area contributed by atoms with Gasteiger partial charge in [-0.05, 0) is 49.4 Å². The van der Waals surface area contributed by atoms with Gasteiger partial charge in [-0.25, -0.2) is 8.78 Å². The normalized spacial score (nSPS) is 17.4. The molecule has 0 fully saturated rings. The Kier molecular flexibility index (Phi) is 5.13. The third kappa shape index (κ3) is 3.52. The SMILES string of the molecule is CC[C@H](OC1CCCc2cc(-c3c(F)cccc3F)nnc21)c1nnc(C)o1. The van der Waals surface area contributed by atoms with Crippen LogP contribution < -0.4 is 0 Å². The number of benzene rings is 1. The summed E-state index contributed by atoms with van der Waals surface area (Å²) in [6.07, 6.45) is 2.44. The van der Waals surface area contributed by atoms with Gasteiger partial charge in [0.1, 0.15) is 23.8 Å². The molecule has 0 aliphatic heterocycles. The smallest absolute Gasteiger partial charge is 0.245 e. The van der Waals surface area contributed by atoms with Gasteiger partial charge in [-0.15, -0.1) is 15.3 Å². The standard InChI is InChI=1S/C20H20F2N4O2/c1-3-16(20-26-23-11(2)27-20)28-17-9-4-6-12-10-15(24-25-19(12)17)18-13(21)7-5-8-14(18)22/h5,7-8,10,16-17H,3-4,6,9H2,1-2H3/t16-,17?/m0/s1. The summed E-state index contributed by atoms with van der Waals surface area (Å²) < 4.78 is 39.9. The first-order valence-electron chi connectivity index (χ1n) is 9.33. The Balaban J connectivity index is 1.63. The molecule has 0 saturated carbocycles. The Bertz CT molecular complexity index is 972. The number of aromatic nitrogens is 4. The number of hydrogen-bond acceptors (Lipinski definition) is 6. The van der Waals surface area contributed by atoms with E-state index in [-0.39, 0.29) is 23.5 Å². The Morgan fingerprint density at radius 2 is 1.96 bits per heavy atom. The summed E-state index contributed by atoms with van der Waals surface area (Å²) in [5.41, 5.74) is 1.62. The van der Waals surface area contributed by atoms with Crippen LogP contribution in [0.3, 0.4) is 0 Å². The molecule has 0 saturated heterocycles. The topological polar surface area (TPSA) is 73.9 Å². The molecular formula is C20H20F2N4O2. The molecule has 0 spiro atoms. The van der Waals surface area contributed by atoms with E-state index in [0.29, 0.717) is 23.9 Å². The fourth-order valence-corrected chi connectivity index (χ4v) is 3.49. The van der Waals surface area contributed by atoms with Gasteiger partial charge >= 0.3 is 0 Å². The van der Waals surface area contributed by atoms with E-state index in [1.165, 1.54) is 18.2 Å². The minimum atomic E-state index is -0.657. The molecule has 2 aromatic heterocycles. The molecule has 0 bridgehead atoms. The first-order chi connectivity index (χ1) is 13.6. The number of rotatable bonds is 5. The van der Waals surface area contributed by atoms with Crippen LogP contribution in [0.5, 0.6) is 0 Å².